The van der Waals surface area contributed by atoms with Gasteiger partial charge >= 0.3 is 0 Å². The molecule has 0 amide bonds. The molecule has 23 heavy (non-hydrogen) atoms. The molecule has 1 heterocycles. The first-order valence-corrected chi connectivity index (χ1v) is 7.84. The van der Waals surface area contributed by atoms with Crippen molar-refractivity contribution in [3.63, 3.8) is 0 Å². The van der Waals surface area contributed by atoms with Crippen LogP contribution in [0.15, 0.2) is 60.7 Å². The van der Waals surface area contributed by atoms with Crippen LogP contribution in [-0.4, -0.2) is 16.9 Å². The molecule has 0 N–H and O–H groups in total. The first-order valence-electron chi connectivity index (χ1n) is 7.84. The van der Waals surface area contributed by atoms with Crippen molar-refractivity contribution >= 4 is 21.7 Å². The number of aryl methyl sites for hydroxylation is 1. The van der Waals surface area contributed by atoms with Crippen molar-refractivity contribution < 1.29 is 4.74 Å². The van der Waals surface area contributed by atoms with E-state index in [0.29, 0.717) is 0 Å². The standard InChI is InChI=1S/C20H18N2O/c1-3-22-19-13-16-7-5-4-6-15(16)12-18(19)20(21-22)14-8-10-17(23-2)11-9-14/h4-13H,3H2,1-2H3. The minimum absolute atomic E-state index is 0.852. The Morgan fingerprint density at radius 2 is 1.65 bits per heavy atom. The van der Waals surface area contributed by atoms with Gasteiger partial charge in [-0.2, -0.15) is 5.10 Å². The van der Waals surface area contributed by atoms with Crippen LogP contribution in [-0.2, 0) is 6.54 Å². The highest BCUT2D eigenvalue weighted by molar-refractivity contribution is 6.02. The second-order valence-electron chi connectivity index (χ2n) is 5.61. The summed E-state index contributed by atoms with van der Waals surface area (Å²) in [5.74, 6) is 0.860. The topological polar surface area (TPSA) is 27.1 Å². The van der Waals surface area contributed by atoms with E-state index in [1.807, 2.05) is 12.1 Å². The summed E-state index contributed by atoms with van der Waals surface area (Å²) in [4.78, 5) is 0. The van der Waals surface area contributed by atoms with E-state index in [2.05, 4.69) is 60.1 Å². The average Bonchev–Trinajstić information content (AvgIpc) is 2.97. The van der Waals surface area contributed by atoms with Crippen molar-refractivity contribution in [1.82, 2.24) is 9.78 Å². The van der Waals surface area contributed by atoms with Crippen molar-refractivity contribution in [3.05, 3.63) is 60.7 Å². The van der Waals surface area contributed by atoms with E-state index in [0.717, 1.165) is 23.6 Å². The predicted octanol–water partition coefficient (Wildman–Crippen LogP) is 4.89. The molecule has 0 fully saturated rings. The normalized spacial score (nSPS) is 11.2. The summed E-state index contributed by atoms with van der Waals surface area (Å²) in [6.45, 7) is 2.98. The van der Waals surface area contributed by atoms with Gasteiger partial charge in [-0.05, 0) is 54.1 Å². The van der Waals surface area contributed by atoms with Gasteiger partial charge in [-0.15, -0.1) is 0 Å². The Labute approximate surface area is 135 Å². The second kappa shape index (κ2) is 5.43. The van der Waals surface area contributed by atoms with Gasteiger partial charge in [0, 0.05) is 17.5 Å². The van der Waals surface area contributed by atoms with E-state index in [1.54, 1.807) is 7.11 Å². The van der Waals surface area contributed by atoms with E-state index in [4.69, 9.17) is 9.84 Å². The largest absolute Gasteiger partial charge is 0.497 e. The Kier molecular flexibility index (Phi) is 3.27. The maximum Gasteiger partial charge on any atom is 0.118 e. The number of hydrogen-bond acceptors (Lipinski definition) is 2. The van der Waals surface area contributed by atoms with Gasteiger partial charge in [-0.25, -0.2) is 0 Å². The van der Waals surface area contributed by atoms with E-state index >= 15 is 0 Å². The Bertz CT molecular complexity index is 984. The zero-order chi connectivity index (χ0) is 15.8. The van der Waals surface area contributed by atoms with Crippen LogP contribution in [0.5, 0.6) is 5.75 Å². The van der Waals surface area contributed by atoms with Crippen LogP contribution in [0.1, 0.15) is 6.92 Å². The van der Waals surface area contributed by atoms with E-state index in [9.17, 15) is 0 Å². The van der Waals surface area contributed by atoms with Crippen molar-refractivity contribution in [3.8, 4) is 17.0 Å². The molecule has 0 aliphatic rings. The predicted molar refractivity (Wildman–Crippen MR) is 94.9 cm³/mol. The summed E-state index contributed by atoms with van der Waals surface area (Å²) in [6.07, 6.45) is 0. The van der Waals surface area contributed by atoms with Crippen LogP contribution < -0.4 is 4.74 Å². The summed E-state index contributed by atoms with van der Waals surface area (Å²) in [6, 6.07) is 21.0. The molecule has 4 aromatic rings. The van der Waals surface area contributed by atoms with Gasteiger partial charge in [0.15, 0.2) is 0 Å². The highest BCUT2D eigenvalue weighted by atomic mass is 16.5. The Morgan fingerprint density at radius 1 is 0.957 bits per heavy atom. The van der Waals surface area contributed by atoms with Gasteiger partial charge in [-0.1, -0.05) is 24.3 Å². The van der Waals surface area contributed by atoms with Crippen LogP contribution in [0.2, 0.25) is 0 Å². The smallest absolute Gasteiger partial charge is 0.118 e. The Balaban J connectivity index is 1.99. The minimum atomic E-state index is 0.852. The van der Waals surface area contributed by atoms with Gasteiger partial charge in [0.25, 0.3) is 0 Å². The summed E-state index contributed by atoms with van der Waals surface area (Å²) in [5.41, 5.74) is 3.31. The number of hydrogen-bond donors (Lipinski definition) is 0. The van der Waals surface area contributed by atoms with Crippen molar-refractivity contribution in [2.24, 2.45) is 0 Å². The average molecular weight is 302 g/mol. The summed E-state index contributed by atoms with van der Waals surface area (Å²) in [5, 5.41) is 8.51. The van der Waals surface area contributed by atoms with Gasteiger partial charge in [0.2, 0.25) is 0 Å². The molecule has 1 aromatic heterocycles. The van der Waals surface area contributed by atoms with E-state index in [-0.39, 0.29) is 0 Å². The van der Waals surface area contributed by atoms with Crippen molar-refractivity contribution in [1.29, 1.82) is 0 Å². The molecule has 0 spiro atoms. The lowest BCUT2D eigenvalue weighted by atomic mass is 10.0. The zero-order valence-corrected chi connectivity index (χ0v) is 13.3. The molecule has 114 valence electrons. The van der Waals surface area contributed by atoms with E-state index < -0.39 is 0 Å². The lowest BCUT2D eigenvalue weighted by Crippen LogP contribution is -1.95. The number of methoxy groups -OCH3 is 1. The fourth-order valence-corrected chi connectivity index (χ4v) is 3.06. The van der Waals surface area contributed by atoms with Crippen LogP contribution >= 0.6 is 0 Å². The Morgan fingerprint density at radius 3 is 2.30 bits per heavy atom. The van der Waals surface area contributed by atoms with Crippen LogP contribution in [0.4, 0.5) is 0 Å². The minimum Gasteiger partial charge on any atom is -0.497 e. The maximum atomic E-state index is 5.25. The molecule has 0 aliphatic heterocycles. The molecule has 0 saturated carbocycles. The monoisotopic (exact) mass is 302 g/mol. The first-order chi connectivity index (χ1) is 11.3. The molecule has 3 aromatic carbocycles. The number of ether oxygens (including phenoxy) is 1. The highest BCUT2D eigenvalue weighted by Crippen LogP contribution is 2.32. The quantitative estimate of drug-likeness (QED) is 0.539. The molecule has 0 bridgehead atoms. The second-order valence-corrected chi connectivity index (χ2v) is 5.61. The third-order valence-electron chi connectivity index (χ3n) is 4.28. The van der Waals surface area contributed by atoms with Crippen molar-refractivity contribution in [2.45, 2.75) is 13.5 Å². The molecule has 0 radical (unpaired) electrons. The zero-order valence-electron chi connectivity index (χ0n) is 13.3. The molecule has 3 nitrogen and oxygen atoms in total. The first kappa shape index (κ1) is 13.8. The molecular weight excluding hydrogens is 284 g/mol. The Hall–Kier alpha value is -2.81. The molecule has 0 atom stereocenters. The molecule has 0 unspecified atom stereocenters. The third-order valence-corrected chi connectivity index (χ3v) is 4.28. The van der Waals surface area contributed by atoms with Gasteiger partial charge in [0.1, 0.15) is 11.4 Å². The van der Waals surface area contributed by atoms with Gasteiger partial charge in [-0.3, -0.25) is 4.68 Å². The van der Waals surface area contributed by atoms with Crippen molar-refractivity contribution in [2.75, 3.05) is 7.11 Å². The fourth-order valence-electron chi connectivity index (χ4n) is 3.06. The highest BCUT2D eigenvalue weighted by Gasteiger charge is 2.12. The molecule has 4 rings (SSSR count). The van der Waals surface area contributed by atoms with E-state index in [1.165, 1.54) is 21.7 Å². The lowest BCUT2D eigenvalue weighted by Gasteiger charge is -2.02. The summed E-state index contributed by atoms with van der Waals surface area (Å²) < 4.78 is 7.32. The number of aromatic nitrogens is 2. The number of benzene rings is 3. The van der Waals surface area contributed by atoms with Crippen LogP contribution in [0.25, 0.3) is 32.9 Å². The summed E-state index contributed by atoms with van der Waals surface area (Å²) in [7, 11) is 1.68. The van der Waals surface area contributed by atoms with Gasteiger partial charge < -0.3 is 4.74 Å². The van der Waals surface area contributed by atoms with Crippen LogP contribution in [0, 0.1) is 0 Å². The van der Waals surface area contributed by atoms with Crippen LogP contribution in [0.3, 0.4) is 0 Å². The molecule has 0 aliphatic carbocycles. The number of fused-ring (bicyclic) bond motifs is 2. The summed E-state index contributed by atoms with van der Waals surface area (Å²) >= 11 is 0. The molecule has 0 saturated heterocycles. The lowest BCUT2D eigenvalue weighted by molar-refractivity contribution is 0.415. The third kappa shape index (κ3) is 2.25. The maximum absolute atomic E-state index is 5.25. The number of rotatable bonds is 3. The molecular formula is C20H18N2O. The molecule has 3 heteroatoms. The fraction of sp³-hybridized carbons (Fsp3) is 0.150. The number of nitrogens with zero attached hydrogens (tertiary/aromatic N) is 2. The SMILES string of the molecule is CCn1nc(-c2ccc(OC)cc2)c2cc3ccccc3cc21. The van der Waals surface area contributed by atoms with Gasteiger partial charge in [0.05, 0.1) is 12.6 Å².